The molecule has 0 aliphatic heterocycles. The van der Waals surface area contributed by atoms with E-state index in [1.54, 1.807) is 36.4 Å². The smallest absolute Gasteiger partial charge is 0.314 e. The second-order valence-corrected chi connectivity index (χ2v) is 7.04. The highest BCUT2D eigenvalue weighted by Crippen LogP contribution is 2.27. The predicted molar refractivity (Wildman–Crippen MR) is 103 cm³/mol. The zero-order chi connectivity index (χ0) is 19.8. The van der Waals surface area contributed by atoms with E-state index in [0.717, 1.165) is 11.1 Å². The highest BCUT2D eigenvalue weighted by atomic mass is 35.5. The lowest BCUT2D eigenvalue weighted by molar-refractivity contribution is -0.151. The van der Waals surface area contributed by atoms with Gasteiger partial charge in [0.25, 0.3) is 5.91 Å². The van der Waals surface area contributed by atoms with Crippen LogP contribution >= 0.6 is 11.6 Å². The number of ether oxygens (including phenoxy) is 1. The average Bonchev–Trinajstić information content (AvgIpc) is 2.63. The van der Waals surface area contributed by atoms with Gasteiger partial charge in [-0.05, 0) is 47.7 Å². The standard InChI is InChI=1S/C21H23ClFNO3/c1-14(2)20(16-5-7-17(22)8-6-16)21(26)27-13-19(25)24-12-11-15-3-9-18(23)10-4-15/h3-10,14,20H,11-13H2,1-2H3,(H,24,25)/t20-/m0/s1. The maximum atomic E-state index is 12.9. The highest BCUT2D eigenvalue weighted by molar-refractivity contribution is 6.30. The van der Waals surface area contributed by atoms with E-state index in [1.165, 1.54) is 12.1 Å². The molecule has 0 radical (unpaired) electrons. The number of carbonyl (C=O) groups is 2. The molecule has 1 N–H and O–H groups in total. The van der Waals surface area contributed by atoms with Gasteiger partial charge < -0.3 is 10.1 Å². The summed E-state index contributed by atoms with van der Waals surface area (Å²) in [5, 5.41) is 3.28. The van der Waals surface area contributed by atoms with Gasteiger partial charge in [0, 0.05) is 11.6 Å². The van der Waals surface area contributed by atoms with E-state index in [1.807, 2.05) is 13.8 Å². The molecule has 144 valence electrons. The Morgan fingerprint density at radius 2 is 1.70 bits per heavy atom. The van der Waals surface area contributed by atoms with Crippen LogP contribution in [0.1, 0.15) is 30.9 Å². The molecule has 0 heterocycles. The van der Waals surface area contributed by atoms with E-state index in [2.05, 4.69) is 5.32 Å². The summed E-state index contributed by atoms with van der Waals surface area (Å²) in [4.78, 5) is 24.3. The average molecular weight is 392 g/mol. The monoisotopic (exact) mass is 391 g/mol. The topological polar surface area (TPSA) is 55.4 Å². The van der Waals surface area contributed by atoms with E-state index in [4.69, 9.17) is 16.3 Å². The summed E-state index contributed by atoms with van der Waals surface area (Å²) in [6.07, 6.45) is 0.569. The van der Waals surface area contributed by atoms with Gasteiger partial charge in [-0.25, -0.2) is 4.39 Å². The lowest BCUT2D eigenvalue weighted by atomic mass is 9.88. The van der Waals surface area contributed by atoms with Crippen molar-refractivity contribution < 1.29 is 18.7 Å². The molecule has 1 amide bonds. The first kappa shape index (κ1) is 20.9. The third kappa shape index (κ3) is 6.68. The highest BCUT2D eigenvalue weighted by Gasteiger charge is 2.26. The summed E-state index contributed by atoms with van der Waals surface area (Å²) >= 11 is 5.89. The maximum absolute atomic E-state index is 12.9. The molecule has 0 aliphatic rings. The molecule has 4 nitrogen and oxygen atoms in total. The molecule has 27 heavy (non-hydrogen) atoms. The van der Waals surface area contributed by atoms with Gasteiger partial charge >= 0.3 is 5.97 Å². The Labute approximate surface area is 163 Å². The van der Waals surface area contributed by atoms with Crippen molar-refractivity contribution in [1.29, 1.82) is 0 Å². The fourth-order valence-corrected chi connectivity index (χ4v) is 2.86. The van der Waals surface area contributed by atoms with Crippen LogP contribution in [0.4, 0.5) is 4.39 Å². The molecular formula is C21H23ClFNO3. The van der Waals surface area contributed by atoms with Gasteiger partial charge in [-0.1, -0.05) is 49.7 Å². The van der Waals surface area contributed by atoms with Gasteiger partial charge in [0.15, 0.2) is 6.61 Å². The van der Waals surface area contributed by atoms with E-state index in [0.29, 0.717) is 18.0 Å². The van der Waals surface area contributed by atoms with E-state index in [9.17, 15) is 14.0 Å². The molecule has 2 aromatic rings. The van der Waals surface area contributed by atoms with Gasteiger partial charge in [0.1, 0.15) is 5.82 Å². The molecule has 1 atom stereocenters. The maximum Gasteiger partial charge on any atom is 0.314 e. The molecule has 0 saturated heterocycles. The van der Waals surface area contributed by atoms with Crippen LogP contribution in [0.25, 0.3) is 0 Å². The lowest BCUT2D eigenvalue weighted by Crippen LogP contribution is -2.32. The molecule has 0 aliphatic carbocycles. The second kappa shape index (κ2) is 10.1. The summed E-state index contributed by atoms with van der Waals surface area (Å²) in [6.45, 7) is 3.89. The number of halogens is 2. The number of nitrogens with one attached hydrogen (secondary N) is 1. The largest absolute Gasteiger partial charge is 0.455 e. The van der Waals surface area contributed by atoms with Crippen molar-refractivity contribution in [2.24, 2.45) is 5.92 Å². The Morgan fingerprint density at radius 1 is 1.07 bits per heavy atom. The number of hydrogen-bond acceptors (Lipinski definition) is 3. The van der Waals surface area contributed by atoms with Crippen LogP contribution in [-0.2, 0) is 20.7 Å². The Morgan fingerprint density at radius 3 is 2.30 bits per heavy atom. The van der Waals surface area contributed by atoms with E-state index < -0.39 is 11.9 Å². The summed E-state index contributed by atoms with van der Waals surface area (Å²) in [5.41, 5.74) is 1.72. The summed E-state index contributed by atoms with van der Waals surface area (Å²) < 4.78 is 18.0. The molecule has 0 bridgehead atoms. The zero-order valence-corrected chi connectivity index (χ0v) is 16.1. The molecule has 2 aromatic carbocycles. The Bertz CT molecular complexity index is 760. The van der Waals surface area contributed by atoms with Crippen molar-refractivity contribution >= 4 is 23.5 Å². The predicted octanol–water partition coefficient (Wildman–Crippen LogP) is 4.12. The van der Waals surface area contributed by atoms with Gasteiger partial charge in [0.05, 0.1) is 5.92 Å². The minimum absolute atomic E-state index is 0.0141. The molecule has 0 fully saturated rings. The SMILES string of the molecule is CC(C)[C@H](C(=O)OCC(=O)NCCc1ccc(F)cc1)c1ccc(Cl)cc1. The minimum atomic E-state index is -0.464. The number of esters is 1. The number of rotatable bonds is 8. The van der Waals surface area contributed by atoms with Crippen LogP contribution < -0.4 is 5.32 Å². The first-order chi connectivity index (χ1) is 12.9. The van der Waals surface area contributed by atoms with Crippen LogP contribution in [0.3, 0.4) is 0 Å². The molecule has 0 saturated carbocycles. The quantitative estimate of drug-likeness (QED) is 0.688. The minimum Gasteiger partial charge on any atom is -0.455 e. The molecule has 6 heteroatoms. The van der Waals surface area contributed by atoms with E-state index >= 15 is 0 Å². The molecule has 0 aromatic heterocycles. The van der Waals surface area contributed by atoms with Gasteiger partial charge in [-0.15, -0.1) is 0 Å². The molecular weight excluding hydrogens is 369 g/mol. The van der Waals surface area contributed by atoms with Crippen LogP contribution in [0.15, 0.2) is 48.5 Å². The van der Waals surface area contributed by atoms with Crippen molar-refractivity contribution in [1.82, 2.24) is 5.32 Å². The molecule has 0 unspecified atom stereocenters. The van der Waals surface area contributed by atoms with E-state index in [-0.39, 0.29) is 24.2 Å². The summed E-state index contributed by atoms with van der Waals surface area (Å²) in [5.74, 6) is -1.56. The van der Waals surface area contributed by atoms with Gasteiger partial charge in [-0.2, -0.15) is 0 Å². The number of benzene rings is 2. The van der Waals surface area contributed by atoms with Crippen molar-refractivity contribution in [2.75, 3.05) is 13.2 Å². The first-order valence-corrected chi connectivity index (χ1v) is 9.18. The second-order valence-electron chi connectivity index (χ2n) is 6.61. The summed E-state index contributed by atoms with van der Waals surface area (Å²) in [7, 11) is 0. The molecule has 2 rings (SSSR count). The first-order valence-electron chi connectivity index (χ1n) is 8.80. The Balaban J connectivity index is 1.80. The Hall–Kier alpha value is -2.40. The Kier molecular flexibility index (Phi) is 7.80. The third-order valence-corrected chi connectivity index (χ3v) is 4.40. The van der Waals surface area contributed by atoms with Crippen molar-refractivity contribution in [3.8, 4) is 0 Å². The third-order valence-electron chi connectivity index (χ3n) is 4.14. The molecule has 0 spiro atoms. The van der Waals surface area contributed by atoms with Gasteiger partial charge in [0.2, 0.25) is 0 Å². The van der Waals surface area contributed by atoms with Crippen molar-refractivity contribution in [3.05, 3.63) is 70.5 Å². The zero-order valence-electron chi connectivity index (χ0n) is 15.4. The van der Waals surface area contributed by atoms with Crippen LogP contribution in [0, 0.1) is 11.7 Å². The fourth-order valence-electron chi connectivity index (χ4n) is 2.74. The lowest BCUT2D eigenvalue weighted by Gasteiger charge is -2.19. The summed E-state index contributed by atoms with van der Waals surface area (Å²) in [6, 6.07) is 13.1. The van der Waals surface area contributed by atoms with Crippen molar-refractivity contribution in [3.63, 3.8) is 0 Å². The van der Waals surface area contributed by atoms with Crippen molar-refractivity contribution in [2.45, 2.75) is 26.2 Å². The number of amides is 1. The normalized spacial score (nSPS) is 11.9. The number of carbonyl (C=O) groups excluding carboxylic acids is 2. The fraction of sp³-hybridized carbons (Fsp3) is 0.333. The van der Waals surface area contributed by atoms with Crippen LogP contribution in [0.2, 0.25) is 5.02 Å². The van der Waals surface area contributed by atoms with Crippen LogP contribution in [0.5, 0.6) is 0 Å². The van der Waals surface area contributed by atoms with Gasteiger partial charge in [-0.3, -0.25) is 9.59 Å². The van der Waals surface area contributed by atoms with Crippen LogP contribution in [-0.4, -0.2) is 25.0 Å². The number of hydrogen-bond donors (Lipinski definition) is 1.